The van der Waals surface area contributed by atoms with Crippen molar-refractivity contribution in [3.05, 3.63) is 62.3 Å². The number of carbonyl (C=O) groups excluding carboxylic acids is 1. The standard InChI is InChI=1S/C21H19ClN2O7/c1-11(2)30-19-14(22)7-12(9-18(19)29-4)8-15-21(25)31-20(23-15)13-5-6-17(28-3)16(10-13)24(26)27/h5-11H,1-4H3/b15-8+. The molecule has 0 aromatic heterocycles. The molecule has 0 bridgehead atoms. The summed E-state index contributed by atoms with van der Waals surface area (Å²) in [5.41, 5.74) is 0.536. The van der Waals surface area contributed by atoms with Gasteiger partial charge in [0.15, 0.2) is 22.9 Å². The molecule has 31 heavy (non-hydrogen) atoms. The van der Waals surface area contributed by atoms with E-state index in [9.17, 15) is 14.9 Å². The number of esters is 1. The van der Waals surface area contributed by atoms with Gasteiger partial charge in [-0.1, -0.05) is 11.6 Å². The first-order valence-electron chi connectivity index (χ1n) is 9.13. The molecule has 0 aliphatic carbocycles. The topological polar surface area (TPSA) is 109 Å². The molecular formula is C21H19ClN2O7. The molecule has 0 N–H and O–H groups in total. The monoisotopic (exact) mass is 446 g/mol. The maximum absolute atomic E-state index is 12.3. The molecule has 1 aliphatic heterocycles. The number of aliphatic imine (C=N–C) groups is 1. The molecular weight excluding hydrogens is 428 g/mol. The minimum atomic E-state index is -0.703. The van der Waals surface area contributed by atoms with Crippen molar-refractivity contribution in [1.82, 2.24) is 0 Å². The van der Waals surface area contributed by atoms with Gasteiger partial charge in [0.05, 0.1) is 30.3 Å². The van der Waals surface area contributed by atoms with E-state index in [0.29, 0.717) is 22.1 Å². The van der Waals surface area contributed by atoms with E-state index >= 15 is 0 Å². The summed E-state index contributed by atoms with van der Waals surface area (Å²) < 4.78 is 21.2. The van der Waals surface area contributed by atoms with Crippen LogP contribution in [-0.4, -0.2) is 37.1 Å². The zero-order chi connectivity index (χ0) is 22.7. The summed E-state index contributed by atoms with van der Waals surface area (Å²) >= 11 is 6.32. The minimum absolute atomic E-state index is 0.00381. The Balaban J connectivity index is 1.98. The van der Waals surface area contributed by atoms with Gasteiger partial charge in [-0.05, 0) is 49.8 Å². The second kappa shape index (κ2) is 9.05. The Morgan fingerprint density at radius 3 is 2.48 bits per heavy atom. The lowest BCUT2D eigenvalue weighted by atomic mass is 10.1. The minimum Gasteiger partial charge on any atom is -0.493 e. The molecule has 1 aliphatic rings. The van der Waals surface area contributed by atoms with E-state index in [0.717, 1.165) is 0 Å². The van der Waals surface area contributed by atoms with Crippen LogP contribution in [0.15, 0.2) is 41.0 Å². The Hall–Kier alpha value is -3.59. The number of rotatable bonds is 7. The molecule has 0 spiro atoms. The van der Waals surface area contributed by atoms with Crippen molar-refractivity contribution in [2.24, 2.45) is 4.99 Å². The van der Waals surface area contributed by atoms with Gasteiger partial charge in [-0.15, -0.1) is 0 Å². The zero-order valence-electron chi connectivity index (χ0n) is 17.2. The van der Waals surface area contributed by atoms with Gasteiger partial charge in [0.1, 0.15) is 0 Å². The lowest BCUT2D eigenvalue weighted by Gasteiger charge is -2.15. The number of nitrogens with zero attached hydrogens (tertiary/aromatic N) is 2. The number of benzene rings is 2. The van der Waals surface area contributed by atoms with Crippen LogP contribution in [0.2, 0.25) is 5.02 Å². The van der Waals surface area contributed by atoms with Crippen molar-refractivity contribution in [1.29, 1.82) is 0 Å². The molecule has 162 valence electrons. The fourth-order valence-corrected chi connectivity index (χ4v) is 3.09. The molecule has 0 atom stereocenters. The SMILES string of the molecule is COc1ccc(C2=N/C(=C/c3cc(Cl)c(OC(C)C)c(OC)c3)C(=O)O2)cc1[N+](=O)[O-]. The fraction of sp³-hybridized carbons (Fsp3) is 0.238. The quantitative estimate of drug-likeness (QED) is 0.268. The summed E-state index contributed by atoms with van der Waals surface area (Å²) in [5.74, 6) is 0.116. The number of carbonyl (C=O) groups is 1. The second-order valence-corrected chi connectivity index (χ2v) is 7.09. The molecule has 1 heterocycles. The number of cyclic esters (lactones) is 1. The highest BCUT2D eigenvalue weighted by Crippen LogP contribution is 2.38. The number of methoxy groups -OCH3 is 2. The lowest BCUT2D eigenvalue weighted by Crippen LogP contribution is -2.07. The van der Waals surface area contributed by atoms with Crippen molar-refractivity contribution in [2.45, 2.75) is 20.0 Å². The van der Waals surface area contributed by atoms with Gasteiger partial charge in [0.2, 0.25) is 5.90 Å². The van der Waals surface area contributed by atoms with Crippen LogP contribution in [0.1, 0.15) is 25.0 Å². The van der Waals surface area contributed by atoms with Gasteiger partial charge >= 0.3 is 11.7 Å². The van der Waals surface area contributed by atoms with Crippen LogP contribution in [0.3, 0.4) is 0 Å². The molecule has 0 saturated heterocycles. The summed E-state index contributed by atoms with van der Waals surface area (Å²) in [4.78, 5) is 27.1. The first-order valence-corrected chi connectivity index (χ1v) is 9.50. The molecule has 10 heteroatoms. The zero-order valence-corrected chi connectivity index (χ0v) is 17.9. The smallest absolute Gasteiger partial charge is 0.363 e. The molecule has 0 fully saturated rings. The van der Waals surface area contributed by atoms with Gasteiger partial charge in [-0.25, -0.2) is 9.79 Å². The van der Waals surface area contributed by atoms with E-state index in [4.69, 9.17) is 30.5 Å². The van der Waals surface area contributed by atoms with Crippen LogP contribution in [0.5, 0.6) is 17.2 Å². The van der Waals surface area contributed by atoms with E-state index in [2.05, 4.69) is 4.99 Å². The maximum Gasteiger partial charge on any atom is 0.363 e. The van der Waals surface area contributed by atoms with Crippen molar-refractivity contribution in [3.8, 4) is 17.2 Å². The summed E-state index contributed by atoms with van der Waals surface area (Å²) in [6, 6.07) is 7.40. The van der Waals surface area contributed by atoms with Gasteiger partial charge in [0, 0.05) is 11.6 Å². The van der Waals surface area contributed by atoms with E-state index in [1.165, 1.54) is 38.5 Å². The Kier molecular flexibility index (Phi) is 6.45. The van der Waals surface area contributed by atoms with E-state index in [1.54, 1.807) is 12.1 Å². The van der Waals surface area contributed by atoms with Crippen LogP contribution in [0, 0.1) is 10.1 Å². The first kappa shape index (κ1) is 22.1. The normalized spacial score (nSPS) is 14.5. The van der Waals surface area contributed by atoms with Gasteiger partial charge in [0.25, 0.3) is 0 Å². The van der Waals surface area contributed by atoms with Gasteiger partial charge in [-0.2, -0.15) is 0 Å². The summed E-state index contributed by atoms with van der Waals surface area (Å²) in [6.45, 7) is 3.72. The number of hydrogen-bond donors (Lipinski definition) is 0. The first-order chi connectivity index (χ1) is 14.7. The van der Waals surface area contributed by atoms with Crippen molar-refractivity contribution >= 4 is 35.2 Å². The molecule has 2 aromatic rings. The van der Waals surface area contributed by atoms with Gasteiger partial charge in [-0.3, -0.25) is 10.1 Å². The molecule has 9 nitrogen and oxygen atoms in total. The van der Waals surface area contributed by atoms with Crippen LogP contribution >= 0.6 is 11.6 Å². The van der Waals surface area contributed by atoms with Crippen molar-refractivity contribution < 1.29 is 28.7 Å². The molecule has 0 radical (unpaired) electrons. The molecule has 0 saturated carbocycles. The Morgan fingerprint density at radius 2 is 1.87 bits per heavy atom. The van der Waals surface area contributed by atoms with Crippen LogP contribution in [0.25, 0.3) is 6.08 Å². The molecule has 2 aromatic carbocycles. The molecule has 0 unspecified atom stereocenters. The third-order valence-electron chi connectivity index (χ3n) is 4.15. The highest BCUT2D eigenvalue weighted by Gasteiger charge is 2.27. The number of halogens is 1. The molecule has 3 rings (SSSR count). The van der Waals surface area contributed by atoms with E-state index in [-0.39, 0.29) is 34.7 Å². The van der Waals surface area contributed by atoms with Crippen LogP contribution in [0.4, 0.5) is 5.69 Å². The summed E-state index contributed by atoms with van der Waals surface area (Å²) in [6.07, 6.45) is 1.36. The number of hydrogen-bond acceptors (Lipinski definition) is 8. The van der Waals surface area contributed by atoms with E-state index in [1.807, 2.05) is 13.8 Å². The average Bonchev–Trinajstić information content (AvgIpc) is 3.09. The average molecular weight is 447 g/mol. The van der Waals surface area contributed by atoms with Crippen LogP contribution < -0.4 is 14.2 Å². The van der Waals surface area contributed by atoms with Crippen molar-refractivity contribution in [2.75, 3.05) is 14.2 Å². The summed E-state index contributed by atoms with van der Waals surface area (Å²) in [7, 11) is 2.80. The Bertz CT molecular complexity index is 1110. The summed E-state index contributed by atoms with van der Waals surface area (Å²) in [5, 5.41) is 11.5. The van der Waals surface area contributed by atoms with Crippen molar-refractivity contribution in [3.63, 3.8) is 0 Å². The highest BCUT2D eigenvalue weighted by atomic mass is 35.5. The maximum atomic E-state index is 12.3. The molecule has 0 amide bonds. The third kappa shape index (κ3) is 4.77. The third-order valence-corrected chi connectivity index (χ3v) is 4.43. The number of nitro benzene ring substituents is 1. The lowest BCUT2D eigenvalue weighted by molar-refractivity contribution is -0.385. The Labute approximate surface area is 183 Å². The predicted molar refractivity (Wildman–Crippen MR) is 114 cm³/mol. The predicted octanol–water partition coefficient (Wildman–Crippen LogP) is 4.40. The number of ether oxygens (including phenoxy) is 4. The van der Waals surface area contributed by atoms with E-state index < -0.39 is 10.9 Å². The number of nitro groups is 1. The fourth-order valence-electron chi connectivity index (χ4n) is 2.83. The van der Waals surface area contributed by atoms with Crippen LogP contribution in [-0.2, 0) is 9.53 Å². The van der Waals surface area contributed by atoms with Gasteiger partial charge < -0.3 is 18.9 Å². The largest absolute Gasteiger partial charge is 0.493 e. The Morgan fingerprint density at radius 1 is 1.16 bits per heavy atom. The second-order valence-electron chi connectivity index (χ2n) is 6.68. The highest BCUT2D eigenvalue weighted by molar-refractivity contribution is 6.32.